The van der Waals surface area contributed by atoms with Crippen LogP contribution in [-0.2, 0) is 15.1 Å². The number of rotatable bonds is 7. The Bertz CT molecular complexity index is 1680. The quantitative estimate of drug-likeness (QED) is 0.122. The lowest BCUT2D eigenvalue weighted by molar-refractivity contribution is -0.138. The minimum atomic E-state index is -1.34. The van der Waals surface area contributed by atoms with E-state index in [1.807, 2.05) is 0 Å². The molecule has 4 aromatic rings. The number of aliphatic carboxylic acids is 1. The van der Waals surface area contributed by atoms with Crippen LogP contribution in [0.2, 0.25) is 10.6 Å². The van der Waals surface area contributed by atoms with Gasteiger partial charge in [0.05, 0.1) is 5.56 Å². The largest absolute Gasteiger partial charge is 0.508 e. The van der Waals surface area contributed by atoms with Crippen molar-refractivity contribution in [2.45, 2.75) is 30.9 Å². The number of esters is 1. The molecule has 1 aromatic heterocycles. The highest BCUT2D eigenvalue weighted by molar-refractivity contribution is 6.31. The summed E-state index contributed by atoms with van der Waals surface area (Å²) in [4.78, 5) is 34.9. The lowest BCUT2D eigenvalue weighted by Crippen LogP contribution is -2.32. The second-order valence-corrected chi connectivity index (χ2v) is 10.5. The summed E-state index contributed by atoms with van der Waals surface area (Å²) in [7, 11) is 0. The number of halogens is 2. The molecular weight excluding hydrogens is 615 g/mol. The Morgan fingerprint density at radius 1 is 0.909 bits per heavy atom. The Kier molecular flexibility index (Phi) is 8.74. The van der Waals surface area contributed by atoms with Gasteiger partial charge in [0, 0.05) is 34.5 Å². The topological polar surface area (TPSA) is 216 Å². The number of nitrogens with two attached hydrogens (primary N) is 2. The van der Waals surface area contributed by atoms with Crippen molar-refractivity contribution < 1.29 is 34.4 Å². The van der Waals surface area contributed by atoms with E-state index in [4.69, 9.17) is 49.2 Å². The molecule has 0 fully saturated rings. The maximum atomic E-state index is 13.1. The minimum Gasteiger partial charge on any atom is -0.508 e. The Labute approximate surface area is 260 Å². The summed E-state index contributed by atoms with van der Waals surface area (Å²) in [5.41, 5.74) is 11.5. The second-order valence-electron chi connectivity index (χ2n) is 9.85. The van der Waals surface area contributed by atoms with E-state index in [0.29, 0.717) is 52.4 Å². The number of carboxylic acid groups (broad SMARTS) is 1. The van der Waals surface area contributed by atoms with Gasteiger partial charge < -0.3 is 41.6 Å². The number of hydrogen-bond donors (Lipinski definition) is 6. The molecule has 8 N–H and O–H groups in total. The molecule has 228 valence electrons. The van der Waals surface area contributed by atoms with Crippen molar-refractivity contribution in [1.82, 2.24) is 15.0 Å². The fourth-order valence-electron chi connectivity index (χ4n) is 4.93. The molecule has 0 unspecified atom stereocenters. The van der Waals surface area contributed by atoms with Crippen molar-refractivity contribution in [3.05, 3.63) is 87.4 Å². The average molecular weight is 641 g/mol. The first kappa shape index (κ1) is 30.8. The van der Waals surface area contributed by atoms with E-state index < -0.39 is 23.6 Å². The number of carbonyl (C=O) groups excluding carboxylic acids is 1. The molecule has 15 heteroatoms. The maximum Gasteiger partial charge on any atom is 0.340 e. The van der Waals surface area contributed by atoms with Gasteiger partial charge in [-0.05, 0) is 79.0 Å². The Hall–Kier alpha value is -4.69. The third kappa shape index (κ3) is 6.03. The lowest BCUT2D eigenvalue weighted by Gasteiger charge is -2.36. The molecule has 0 bridgehead atoms. The van der Waals surface area contributed by atoms with Gasteiger partial charge in [0.25, 0.3) is 0 Å². The van der Waals surface area contributed by atoms with Crippen LogP contribution >= 0.6 is 23.2 Å². The van der Waals surface area contributed by atoms with Crippen LogP contribution in [0.5, 0.6) is 23.0 Å². The standard InChI is InChI=1S/C23H12Cl2N4O5.C6H14N2O2/c24-20-27-21(25)29-22(28-20)26-10-1-4-14-13(7-10)19(32)34-23(14)15-5-2-11(30)8-17(15)33-18-9-12(31)3-6-16(18)23;7-4-2-1-3-5(8)6(9)10/h1-9,30-31H,(H,26,27,28,29);5H,1-4,7-8H2,(H,9,10)/t;5-/m.0/s1. The number of phenols is 2. The van der Waals surface area contributed by atoms with Crippen LogP contribution in [0.25, 0.3) is 0 Å². The Balaban J connectivity index is 0.000000333. The van der Waals surface area contributed by atoms with E-state index in [1.165, 1.54) is 24.3 Å². The number of carboxylic acids is 1. The van der Waals surface area contributed by atoms with Crippen LogP contribution < -0.4 is 21.5 Å². The summed E-state index contributed by atoms with van der Waals surface area (Å²) >= 11 is 11.7. The van der Waals surface area contributed by atoms with Crippen LogP contribution in [0.3, 0.4) is 0 Å². The number of nitrogens with zero attached hydrogens (tertiary/aromatic N) is 3. The highest BCUT2D eigenvalue weighted by Crippen LogP contribution is 2.57. The van der Waals surface area contributed by atoms with Crippen LogP contribution in [0.15, 0.2) is 54.6 Å². The van der Waals surface area contributed by atoms with E-state index in [9.17, 15) is 19.8 Å². The molecule has 13 nitrogen and oxygen atoms in total. The van der Waals surface area contributed by atoms with Crippen molar-refractivity contribution in [2.24, 2.45) is 11.5 Å². The molecule has 0 amide bonds. The second kappa shape index (κ2) is 12.5. The van der Waals surface area contributed by atoms with Gasteiger partial charge in [-0.1, -0.05) is 12.5 Å². The zero-order valence-corrected chi connectivity index (χ0v) is 24.3. The summed E-state index contributed by atoms with van der Waals surface area (Å²) in [5.74, 6) is -0.820. The van der Waals surface area contributed by atoms with Gasteiger partial charge >= 0.3 is 11.9 Å². The van der Waals surface area contributed by atoms with Crippen LogP contribution in [-0.4, -0.2) is 54.8 Å². The number of aromatic hydroxyl groups is 2. The average Bonchev–Trinajstić information content (AvgIpc) is 3.24. The summed E-state index contributed by atoms with van der Waals surface area (Å²) < 4.78 is 12.0. The van der Waals surface area contributed by atoms with Gasteiger partial charge in [0.1, 0.15) is 29.0 Å². The molecule has 1 atom stereocenters. The van der Waals surface area contributed by atoms with Gasteiger partial charge in [0.2, 0.25) is 16.5 Å². The first-order valence-corrected chi connectivity index (χ1v) is 14.0. The Morgan fingerprint density at radius 2 is 1.50 bits per heavy atom. The van der Waals surface area contributed by atoms with Crippen molar-refractivity contribution in [3.8, 4) is 23.0 Å². The normalized spacial score (nSPS) is 14.2. The fourth-order valence-corrected chi connectivity index (χ4v) is 5.29. The molecule has 44 heavy (non-hydrogen) atoms. The molecule has 0 saturated heterocycles. The van der Waals surface area contributed by atoms with E-state index in [-0.39, 0.29) is 28.0 Å². The number of benzene rings is 3. The zero-order valence-electron chi connectivity index (χ0n) is 22.8. The van der Waals surface area contributed by atoms with E-state index in [1.54, 1.807) is 30.3 Å². The summed E-state index contributed by atoms with van der Waals surface area (Å²) in [5, 5.41) is 31.1. The highest BCUT2D eigenvalue weighted by atomic mass is 35.5. The summed E-state index contributed by atoms with van der Waals surface area (Å²) in [6.45, 7) is 0.604. The van der Waals surface area contributed by atoms with Gasteiger partial charge in [0.15, 0.2) is 5.60 Å². The molecule has 1 spiro atoms. The fraction of sp³-hybridized carbons (Fsp3) is 0.207. The number of nitrogens with one attached hydrogen (secondary N) is 1. The van der Waals surface area contributed by atoms with E-state index in [2.05, 4.69) is 20.3 Å². The van der Waals surface area contributed by atoms with E-state index >= 15 is 0 Å². The molecular formula is C29H26Cl2N6O7. The zero-order chi connectivity index (χ0) is 31.6. The van der Waals surface area contributed by atoms with Crippen molar-refractivity contribution in [2.75, 3.05) is 11.9 Å². The van der Waals surface area contributed by atoms with Crippen LogP contribution in [0.4, 0.5) is 11.6 Å². The SMILES string of the molecule is NCCCC[C@H](N)C(=O)O.O=C1OC2(c3ccc(O)cc3Oc3cc(O)ccc32)c2ccc(Nc3nc(Cl)nc(Cl)n3)cc21. The smallest absolute Gasteiger partial charge is 0.340 e. The van der Waals surface area contributed by atoms with Crippen molar-refractivity contribution in [3.63, 3.8) is 0 Å². The molecule has 2 aliphatic heterocycles. The van der Waals surface area contributed by atoms with Gasteiger partial charge in [-0.15, -0.1) is 0 Å². The van der Waals surface area contributed by atoms with E-state index in [0.717, 1.165) is 12.8 Å². The lowest BCUT2D eigenvalue weighted by atomic mass is 9.77. The first-order valence-electron chi connectivity index (χ1n) is 13.3. The molecule has 0 radical (unpaired) electrons. The van der Waals surface area contributed by atoms with Gasteiger partial charge in [-0.2, -0.15) is 15.0 Å². The van der Waals surface area contributed by atoms with Crippen LogP contribution in [0.1, 0.15) is 46.3 Å². The molecule has 6 rings (SSSR count). The first-order chi connectivity index (χ1) is 21.0. The van der Waals surface area contributed by atoms with Crippen LogP contribution in [0, 0.1) is 0 Å². The third-order valence-electron chi connectivity index (χ3n) is 6.90. The minimum absolute atomic E-state index is 0.0173. The predicted molar refractivity (Wildman–Crippen MR) is 160 cm³/mol. The molecule has 3 aromatic carbocycles. The number of unbranched alkanes of at least 4 members (excludes halogenated alkanes) is 1. The third-order valence-corrected chi connectivity index (χ3v) is 7.23. The number of fused-ring (bicyclic) bond motifs is 6. The highest BCUT2D eigenvalue weighted by Gasteiger charge is 2.53. The van der Waals surface area contributed by atoms with Crippen molar-refractivity contribution >= 4 is 46.8 Å². The number of carbonyl (C=O) groups is 2. The number of aromatic nitrogens is 3. The Morgan fingerprint density at radius 3 is 2.07 bits per heavy atom. The maximum absolute atomic E-state index is 13.1. The number of anilines is 2. The summed E-state index contributed by atoms with van der Waals surface area (Å²) in [6, 6.07) is 13.5. The van der Waals surface area contributed by atoms with Crippen molar-refractivity contribution in [1.29, 1.82) is 0 Å². The monoisotopic (exact) mass is 640 g/mol. The molecule has 2 aliphatic rings. The van der Waals surface area contributed by atoms with Gasteiger partial charge in [-0.3, -0.25) is 4.79 Å². The van der Waals surface area contributed by atoms with Gasteiger partial charge in [-0.25, -0.2) is 4.79 Å². The predicted octanol–water partition coefficient (Wildman–Crippen LogP) is 4.43. The molecule has 0 aliphatic carbocycles. The number of phenolic OH excluding ortho intramolecular Hbond substituents is 2. The summed E-state index contributed by atoms with van der Waals surface area (Å²) in [6.07, 6.45) is 2.16. The number of hydrogen-bond acceptors (Lipinski definition) is 12. The molecule has 3 heterocycles. The number of ether oxygens (including phenoxy) is 2. The molecule has 0 saturated carbocycles.